The van der Waals surface area contributed by atoms with Gasteiger partial charge in [-0.2, -0.15) is 11.8 Å². The Balaban J connectivity index is 1.73. The molecule has 0 aliphatic carbocycles. The number of hydrogen-bond donors (Lipinski definition) is 3. The second-order valence-electron chi connectivity index (χ2n) is 4.87. The fourth-order valence-corrected chi connectivity index (χ4v) is 3.57. The highest BCUT2D eigenvalue weighted by Gasteiger charge is 2.23. The summed E-state index contributed by atoms with van der Waals surface area (Å²) in [5.41, 5.74) is 2.87. The Morgan fingerprint density at radius 3 is 2.63 bits per heavy atom. The molecule has 100 valence electrons. The lowest BCUT2D eigenvalue weighted by Gasteiger charge is -2.18. The quantitative estimate of drug-likeness (QED) is 0.807. The van der Waals surface area contributed by atoms with Crippen LogP contribution in [0.5, 0.6) is 0 Å². The van der Waals surface area contributed by atoms with Crippen LogP contribution in [0.4, 0.5) is 5.69 Å². The summed E-state index contributed by atoms with van der Waals surface area (Å²) in [5, 5.41) is 9.65. The standard InChI is InChI=1S/C14H17N3OS/c1-9-12(6-7-19-9)15-11-4-2-10(3-5-11)13-8-14(18)17-16-13/h2-5,8-9,12,15H,6-7H2,1H3,(H2,16,17,18). The van der Waals surface area contributed by atoms with E-state index >= 15 is 0 Å². The highest BCUT2D eigenvalue weighted by Crippen LogP contribution is 2.29. The number of nitrogens with one attached hydrogen (secondary N) is 3. The van der Waals surface area contributed by atoms with Crippen LogP contribution in [0.25, 0.3) is 11.3 Å². The maximum absolute atomic E-state index is 11.1. The van der Waals surface area contributed by atoms with E-state index in [0.29, 0.717) is 11.3 Å². The Morgan fingerprint density at radius 1 is 1.26 bits per heavy atom. The van der Waals surface area contributed by atoms with Crippen LogP contribution in [0.2, 0.25) is 0 Å². The van der Waals surface area contributed by atoms with Gasteiger partial charge in [-0.05, 0) is 29.9 Å². The molecule has 1 aromatic carbocycles. The molecule has 0 amide bonds. The van der Waals surface area contributed by atoms with E-state index in [9.17, 15) is 4.79 Å². The van der Waals surface area contributed by atoms with Gasteiger partial charge in [0.05, 0.1) is 5.69 Å². The van der Waals surface area contributed by atoms with Crippen molar-refractivity contribution in [3.8, 4) is 11.3 Å². The maximum atomic E-state index is 11.1. The number of aromatic nitrogens is 2. The lowest BCUT2D eigenvalue weighted by molar-refractivity contribution is 0.724. The Hall–Kier alpha value is -1.62. The summed E-state index contributed by atoms with van der Waals surface area (Å²) in [6, 6.07) is 10.3. The van der Waals surface area contributed by atoms with Gasteiger partial charge in [0, 0.05) is 23.0 Å². The molecular weight excluding hydrogens is 258 g/mol. The summed E-state index contributed by atoms with van der Waals surface area (Å²) < 4.78 is 0. The van der Waals surface area contributed by atoms with Gasteiger partial charge in [0.25, 0.3) is 5.56 Å². The van der Waals surface area contributed by atoms with Crippen LogP contribution >= 0.6 is 11.8 Å². The monoisotopic (exact) mass is 275 g/mol. The van der Waals surface area contributed by atoms with Crippen molar-refractivity contribution in [1.29, 1.82) is 0 Å². The molecule has 0 radical (unpaired) electrons. The smallest absolute Gasteiger partial charge is 0.264 e. The molecule has 2 aromatic rings. The summed E-state index contributed by atoms with van der Waals surface area (Å²) >= 11 is 2.02. The van der Waals surface area contributed by atoms with E-state index in [0.717, 1.165) is 16.9 Å². The third kappa shape index (κ3) is 2.71. The molecule has 1 aromatic heterocycles. The molecule has 4 nitrogen and oxygen atoms in total. The molecule has 19 heavy (non-hydrogen) atoms. The molecule has 1 aliphatic heterocycles. The van der Waals surface area contributed by atoms with E-state index in [-0.39, 0.29) is 5.56 Å². The third-order valence-electron chi connectivity index (χ3n) is 3.52. The summed E-state index contributed by atoms with van der Waals surface area (Å²) in [7, 11) is 0. The van der Waals surface area contributed by atoms with Gasteiger partial charge >= 0.3 is 0 Å². The van der Waals surface area contributed by atoms with E-state index < -0.39 is 0 Å². The fraction of sp³-hybridized carbons (Fsp3) is 0.357. The number of thioether (sulfide) groups is 1. The highest BCUT2D eigenvalue weighted by molar-refractivity contribution is 8.00. The first kappa shape index (κ1) is 12.4. The molecule has 1 aliphatic rings. The zero-order valence-electron chi connectivity index (χ0n) is 10.8. The second-order valence-corrected chi connectivity index (χ2v) is 6.35. The molecule has 2 heterocycles. The van der Waals surface area contributed by atoms with Crippen molar-refractivity contribution >= 4 is 17.4 Å². The van der Waals surface area contributed by atoms with Crippen LogP contribution in [0.1, 0.15) is 13.3 Å². The van der Waals surface area contributed by atoms with Gasteiger partial charge in [-0.3, -0.25) is 15.0 Å². The normalized spacial score (nSPS) is 22.6. The second kappa shape index (κ2) is 5.17. The minimum atomic E-state index is -0.103. The van der Waals surface area contributed by atoms with Crippen LogP contribution in [0.3, 0.4) is 0 Å². The minimum absolute atomic E-state index is 0.103. The van der Waals surface area contributed by atoms with Crippen molar-refractivity contribution in [2.45, 2.75) is 24.6 Å². The molecule has 2 atom stereocenters. The SMILES string of the molecule is CC1SCCC1Nc1ccc(-c2cc(=O)[nH][nH]2)cc1. The first-order valence-corrected chi connectivity index (χ1v) is 7.53. The number of anilines is 1. The maximum Gasteiger partial charge on any atom is 0.264 e. The fourth-order valence-electron chi connectivity index (χ4n) is 2.37. The van der Waals surface area contributed by atoms with Crippen LogP contribution in [0.15, 0.2) is 35.1 Å². The van der Waals surface area contributed by atoms with E-state index in [1.165, 1.54) is 12.2 Å². The van der Waals surface area contributed by atoms with Crippen LogP contribution < -0.4 is 10.9 Å². The lowest BCUT2D eigenvalue weighted by atomic mass is 10.1. The average Bonchev–Trinajstić information content (AvgIpc) is 3.00. The van der Waals surface area contributed by atoms with E-state index in [1.807, 2.05) is 23.9 Å². The average molecular weight is 275 g/mol. The Labute approximate surface area is 116 Å². The molecule has 0 spiro atoms. The van der Waals surface area contributed by atoms with Crippen molar-refractivity contribution in [1.82, 2.24) is 10.2 Å². The molecule has 3 N–H and O–H groups in total. The van der Waals surface area contributed by atoms with Gasteiger partial charge in [-0.15, -0.1) is 0 Å². The predicted octanol–water partition coefficient (Wildman–Crippen LogP) is 2.68. The first-order valence-electron chi connectivity index (χ1n) is 6.48. The Morgan fingerprint density at radius 2 is 2.05 bits per heavy atom. The van der Waals surface area contributed by atoms with Crippen molar-refractivity contribution < 1.29 is 0 Å². The molecule has 0 saturated carbocycles. The number of benzene rings is 1. The number of aromatic amines is 2. The summed E-state index contributed by atoms with van der Waals surface area (Å²) in [6.45, 7) is 2.27. The molecule has 0 bridgehead atoms. The van der Waals surface area contributed by atoms with Crippen LogP contribution in [-0.4, -0.2) is 27.2 Å². The van der Waals surface area contributed by atoms with Gasteiger partial charge in [-0.1, -0.05) is 19.1 Å². The van der Waals surface area contributed by atoms with Crippen molar-refractivity contribution in [2.24, 2.45) is 0 Å². The summed E-state index contributed by atoms with van der Waals surface area (Å²) in [6.07, 6.45) is 1.22. The van der Waals surface area contributed by atoms with Gasteiger partial charge in [0.2, 0.25) is 0 Å². The molecular formula is C14H17N3OS. The number of rotatable bonds is 3. The van der Waals surface area contributed by atoms with Crippen molar-refractivity contribution in [3.63, 3.8) is 0 Å². The van der Waals surface area contributed by atoms with Gasteiger partial charge in [0.1, 0.15) is 0 Å². The Bertz CT molecular complexity index is 602. The van der Waals surface area contributed by atoms with Gasteiger partial charge < -0.3 is 5.32 Å². The zero-order chi connectivity index (χ0) is 13.2. The van der Waals surface area contributed by atoms with Gasteiger partial charge in [-0.25, -0.2) is 0 Å². The first-order chi connectivity index (χ1) is 9.22. The summed E-state index contributed by atoms with van der Waals surface area (Å²) in [5.74, 6) is 1.24. The zero-order valence-corrected chi connectivity index (χ0v) is 11.6. The lowest BCUT2D eigenvalue weighted by Crippen LogP contribution is -2.24. The van der Waals surface area contributed by atoms with Crippen LogP contribution in [-0.2, 0) is 0 Å². The van der Waals surface area contributed by atoms with E-state index in [2.05, 4.69) is 34.6 Å². The van der Waals surface area contributed by atoms with Crippen molar-refractivity contribution in [2.75, 3.05) is 11.1 Å². The van der Waals surface area contributed by atoms with E-state index in [1.54, 1.807) is 6.07 Å². The molecule has 2 unspecified atom stereocenters. The van der Waals surface area contributed by atoms with Crippen molar-refractivity contribution in [3.05, 3.63) is 40.7 Å². The largest absolute Gasteiger partial charge is 0.381 e. The topological polar surface area (TPSA) is 60.7 Å². The Kier molecular flexibility index (Phi) is 3.38. The molecule has 1 fully saturated rings. The van der Waals surface area contributed by atoms with Gasteiger partial charge in [0.15, 0.2) is 0 Å². The highest BCUT2D eigenvalue weighted by atomic mass is 32.2. The van der Waals surface area contributed by atoms with E-state index in [4.69, 9.17) is 0 Å². The summed E-state index contributed by atoms with van der Waals surface area (Å²) in [4.78, 5) is 11.1. The molecule has 1 saturated heterocycles. The number of H-pyrrole nitrogens is 2. The molecule has 3 rings (SSSR count). The number of hydrogen-bond acceptors (Lipinski definition) is 3. The van der Waals surface area contributed by atoms with Crippen LogP contribution in [0, 0.1) is 0 Å². The predicted molar refractivity (Wildman–Crippen MR) is 80.8 cm³/mol. The molecule has 5 heteroatoms. The minimum Gasteiger partial charge on any atom is -0.381 e. The third-order valence-corrected chi connectivity index (χ3v) is 4.85.